The molecular formula is C14H23NO3. The van der Waals surface area contributed by atoms with Gasteiger partial charge in [0.05, 0.1) is 5.60 Å². The molecular weight excluding hydrogens is 230 g/mol. The van der Waals surface area contributed by atoms with Crippen LogP contribution in [0.4, 0.5) is 0 Å². The Bertz CT molecular complexity index is 395. The third kappa shape index (κ3) is 3.60. The smallest absolute Gasteiger partial charge is 0.287 e. The van der Waals surface area contributed by atoms with Gasteiger partial charge in [-0.1, -0.05) is 27.2 Å². The molecule has 102 valence electrons. The number of amides is 1. The summed E-state index contributed by atoms with van der Waals surface area (Å²) in [7, 11) is 0. The number of hydrogen-bond acceptors (Lipinski definition) is 3. The zero-order valence-electron chi connectivity index (χ0n) is 11.6. The molecule has 1 rings (SSSR count). The molecule has 4 nitrogen and oxygen atoms in total. The lowest BCUT2D eigenvalue weighted by atomic mass is 9.88. The first kappa shape index (κ1) is 14.8. The molecule has 1 aromatic heterocycles. The van der Waals surface area contributed by atoms with Gasteiger partial charge in [0.2, 0.25) is 0 Å². The van der Waals surface area contributed by atoms with E-state index < -0.39 is 5.60 Å². The third-order valence-electron chi connectivity index (χ3n) is 3.51. The van der Waals surface area contributed by atoms with Crippen LogP contribution in [0.15, 0.2) is 16.5 Å². The minimum atomic E-state index is -0.898. The van der Waals surface area contributed by atoms with Gasteiger partial charge in [-0.15, -0.1) is 0 Å². The Morgan fingerprint density at radius 3 is 2.67 bits per heavy atom. The summed E-state index contributed by atoms with van der Waals surface area (Å²) in [5.41, 5.74) is -0.898. The zero-order chi connectivity index (χ0) is 13.8. The van der Waals surface area contributed by atoms with Crippen LogP contribution in [-0.2, 0) is 6.42 Å². The Labute approximate surface area is 108 Å². The zero-order valence-corrected chi connectivity index (χ0v) is 11.6. The second-order valence-corrected chi connectivity index (χ2v) is 4.97. The van der Waals surface area contributed by atoms with Crippen LogP contribution < -0.4 is 5.32 Å². The van der Waals surface area contributed by atoms with Crippen molar-refractivity contribution in [1.82, 2.24) is 5.32 Å². The van der Waals surface area contributed by atoms with E-state index in [-0.39, 0.29) is 18.4 Å². The number of furan rings is 1. The molecule has 0 radical (unpaired) electrons. The summed E-state index contributed by atoms with van der Waals surface area (Å²) >= 11 is 0. The third-order valence-corrected chi connectivity index (χ3v) is 3.51. The van der Waals surface area contributed by atoms with Crippen molar-refractivity contribution in [2.24, 2.45) is 5.92 Å². The lowest BCUT2D eigenvalue weighted by Crippen LogP contribution is -2.45. The molecule has 0 saturated heterocycles. The van der Waals surface area contributed by atoms with E-state index in [1.54, 1.807) is 19.1 Å². The summed E-state index contributed by atoms with van der Waals surface area (Å²) < 4.78 is 5.35. The molecule has 0 aliphatic carbocycles. The maximum Gasteiger partial charge on any atom is 0.287 e. The molecule has 1 heterocycles. The molecule has 1 aromatic rings. The largest absolute Gasteiger partial charge is 0.456 e. The Morgan fingerprint density at radius 1 is 1.50 bits per heavy atom. The molecule has 2 unspecified atom stereocenters. The normalized spacial score (nSPS) is 16.1. The van der Waals surface area contributed by atoms with E-state index >= 15 is 0 Å². The molecule has 18 heavy (non-hydrogen) atoms. The summed E-state index contributed by atoms with van der Waals surface area (Å²) in [6.45, 7) is 7.91. The fourth-order valence-electron chi connectivity index (χ4n) is 1.65. The number of carbonyl (C=O) groups excluding carboxylic acids is 1. The van der Waals surface area contributed by atoms with Gasteiger partial charge in [0.1, 0.15) is 5.76 Å². The lowest BCUT2D eigenvalue weighted by molar-refractivity contribution is 0.00568. The highest BCUT2D eigenvalue weighted by Crippen LogP contribution is 2.19. The van der Waals surface area contributed by atoms with Gasteiger partial charge in [0, 0.05) is 13.0 Å². The van der Waals surface area contributed by atoms with Crippen LogP contribution in [0.2, 0.25) is 0 Å². The van der Waals surface area contributed by atoms with Crippen molar-refractivity contribution >= 4 is 5.91 Å². The Morgan fingerprint density at radius 2 is 2.17 bits per heavy atom. The highest BCUT2D eigenvalue weighted by molar-refractivity contribution is 5.91. The molecule has 2 atom stereocenters. The van der Waals surface area contributed by atoms with Crippen molar-refractivity contribution in [3.05, 3.63) is 23.7 Å². The van der Waals surface area contributed by atoms with E-state index in [4.69, 9.17) is 4.42 Å². The number of hydrogen-bond donors (Lipinski definition) is 2. The van der Waals surface area contributed by atoms with Crippen LogP contribution in [0.3, 0.4) is 0 Å². The number of carbonyl (C=O) groups is 1. The first-order valence-corrected chi connectivity index (χ1v) is 6.50. The van der Waals surface area contributed by atoms with Gasteiger partial charge < -0.3 is 14.8 Å². The molecule has 1 amide bonds. The van der Waals surface area contributed by atoms with Crippen molar-refractivity contribution in [1.29, 1.82) is 0 Å². The SMILES string of the molecule is CCc1ccc(C(=O)NCC(C)(O)C(C)CC)o1. The summed E-state index contributed by atoms with van der Waals surface area (Å²) in [5, 5.41) is 12.9. The summed E-state index contributed by atoms with van der Waals surface area (Å²) in [6, 6.07) is 3.45. The van der Waals surface area contributed by atoms with Crippen molar-refractivity contribution < 1.29 is 14.3 Å². The van der Waals surface area contributed by atoms with Crippen molar-refractivity contribution in [3.8, 4) is 0 Å². The average molecular weight is 253 g/mol. The second kappa shape index (κ2) is 6.05. The van der Waals surface area contributed by atoms with Crippen molar-refractivity contribution in [2.45, 2.75) is 46.1 Å². The van der Waals surface area contributed by atoms with Crippen molar-refractivity contribution in [3.63, 3.8) is 0 Å². The topological polar surface area (TPSA) is 62.5 Å². The van der Waals surface area contributed by atoms with Crippen LogP contribution in [0.5, 0.6) is 0 Å². The molecule has 0 bridgehead atoms. The Kier molecular flexibility index (Phi) is 4.96. The molecule has 0 saturated carbocycles. The minimum Gasteiger partial charge on any atom is -0.456 e. The van der Waals surface area contributed by atoms with Gasteiger partial charge in [-0.05, 0) is 25.0 Å². The van der Waals surface area contributed by atoms with E-state index in [1.807, 2.05) is 20.8 Å². The second-order valence-electron chi connectivity index (χ2n) is 4.97. The predicted molar refractivity (Wildman–Crippen MR) is 70.5 cm³/mol. The number of aryl methyl sites for hydroxylation is 1. The summed E-state index contributed by atoms with van der Waals surface area (Å²) in [6.07, 6.45) is 1.63. The number of nitrogens with one attached hydrogen (secondary N) is 1. The van der Waals surface area contributed by atoms with Crippen LogP contribution in [-0.4, -0.2) is 23.2 Å². The molecule has 0 fully saturated rings. The number of aliphatic hydroxyl groups is 1. The molecule has 2 N–H and O–H groups in total. The van der Waals surface area contributed by atoms with Crippen LogP contribution in [0, 0.1) is 5.92 Å². The average Bonchev–Trinajstić information content (AvgIpc) is 2.83. The van der Waals surface area contributed by atoms with Gasteiger partial charge in [0.15, 0.2) is 5.76 Å². The van der Waals surface area contributed by atoms with Gasteiger partial charge >= 0.3 is 0 Å². The molecule has 0 aliphatic heterocycles. The number of rotatable bonds is 6. The molecule has 4 heteroatoms. The lowest BCUT2D eigenvalue weighted by Gasteiger charge is -2.29. The molecule has 0 spiro atoms. The minimum absolute atomic E-state index is 0.126. The predicted octanol–water partition coefficient (Wildman–Crippen LogP) is 2.37. The first-order valence-electron chi connectivity index (χ1n) is 6.50. The molecule has 0 aromatic carbocycles. The van der Waals surface area contributed by atoms with Gasteiger partial charge in [-0.25, -0.2) is 0 Å². The summed E-state index contributed by atoms with van der Waals surface area (Å²) in [4.78, 5) is 11.8. The van der Waals surface area contributed by atoms with E-state index in [9.17, 15) is 9.90 Å². The fraction of sp³-hybridized carbons (Fsp3) is 0.643. The van der Waals surface area contributed by atoms with Gasteiger partial charge in [0.25, 0.3) is 5.91 Å². The van der Waals surface area contributed by atoms with Crippen molar-refractivity contribution in [2.75, 3.05) is 6.54 Å². The standard InChI is InChI=1S/C14H23NO3/c1-5-10(3)14(4,17)9-15-13(16)12-8-7-11(6-2)18-12/h7-8,10,17H,5-6,9H2,1-4H3,(H,15,16). The van der Waals surface area contributed by atoms with Crippen LogP contribution in [0.1, 0.15) is 50.4 Å². The van der Waals surface area contributed by atoms with E-state index in [0.717, 1.165) is 18.6 Å². The maximum atomic E-state index is 11.8. The van der Waals surface area contributed by atoms with Gasteiger partial charge in [-0.2, -0.15) is 0 Å². The monoisotopic (exact) mass is 253 g/mol. The highest BCUT2D eigenvalue weighted by atomic mass is 16.3. The van der Waals surface area contributed by atoms with Crippen LogP contribution >= 0.6 is 0 Å². The van der Waals surface area contributed by atoms with Gasteiger partial charge in [-0.3, -0.25) is 4.79 Å². The maximum absolute atomic E-state index is 11.8. The van der Waals surface area contributed by atoms with E-state index in [2.05, 4.69) is 5.32 Å². The van der Waals surface area contributed by atoms with Crippen LogP contribution in [0.25, 0.3) is 0 Å². The first-order chi connectivity index (χ1) is 8.40. The molecule has 0 aliphatic rings. The van der Waals surface area contributed by atoms with E-state index in [0.29, 0.717) is 5.76 Å². The quantitative estimate of drug-likeness (QED) is 0.818. The fourth-order valence-corrected chi connectivity index (χ4v) is 1.65. The Hall–Kier alpha value is -1.29. The Balaban J connectivity index is 2.55. The summed E-state index contributed by atoms with van der Waals surface area (Å²) in [5.74, 6) is 0.930. The van der Waals surface area contributed by atoms with E-state index in [1.165, 1.54) is 0 Å². The highest BCUT2D eigenvalue weighted by Gasteiger charge is 2.27.